The van der Waals surface area contributed by atoms with Crippen LogP contribution < -0.4 is 4.74 Å². The van der Waals surface area contributed by atoms with Crippen LogP contribution in [0.4, 0.5) is 0 Å². The van der Waals surface area contributed by atoms with Gasteiger partial charge in [-0.05, 0) is 44.9 Å². The van der Waals surface area contributed by atoms with Crippen LogP contribution in [-0.4, -0.2) is 22.2 Å². The van der Waals surface area contributed by atoms with Gasteiger partial charge in [0.05, 0.1) is 19.0 Å². The molecule has 102 valence electrons. The zero-order chi connectivity index (χ0) is 14.2. The zero-order valence-electron chi connectivity index (χ0n) is 12.0. The number of hydrogen-bond donors (Lipinski definition) is 2. The highest BCUT2D eigenvalue weighted by Crippen LogP contribution is 2.33. The van der Waals surface area contributed by atoms with Gasteiger partial charge in [0, 0.05) is 5.56 Å². The fraction of sp³-hybridized carbons (Fsp3) is 0.400. The van der Waals surface area contributed by atoms with Crippen molar-refractivity contribution in [3.8, 4) is 17.0 Å². The molecule has 0 aliphatic rings. The van der Waals surface area contributed by atoms with E-state index in [1.807, 2.05) is 19.9 Å². The summed E-state index contributed by atoms with van der Waals surface area (Å²) < 4.78 is 5.47. The molecule has 0 fully saturated rings. The first kappa shape index (κ1) is 13.6. The summed E-state index contributed by atoms with van der Waals surface area (Å²) in [7, 11) is 1.66. The molecule has 0 unspecified atom stereocenters. The van der Waals surface area contributed by atoms with Gasteiger partial charge in [-0.25, -0.2) is 4.98 Å². The monoisotopic (exact) mass is 260 g/mol. The van der Waals surface area contributed by atoms with Gasteiger partial charge in [-0.3, -0.25) is 0 Å². The molecule has 0 saturated carbocycles. The van der Waals surface area contributed by atoms with Crippen molar-refractivity contribution >= 4 is 0 Å². The molecule has 0 bridgehead atoms. The summed E-state index contributed by atoms with van der Waals surface area (Å²) in [6.45, 7) is 7.47. The van der Waals surface area contributed by atoms with E-state index >= 15 is 0 Å². The summed E-state index contributed by atoms with van der Waals surface area (Å²) in [5, 5.41) is 9.96. The SMILES string of the molecule is COc1c(C)cc(C)cc1-c1cnc(C(C)(C)O)[nH]1. The fourth-order valence-electron chi connectivity index (χ4n) is 2.19. The third-order valence-corrected chi connectivity index (χ3v) is 3.07. The Bertz CT molecular complexity index is 595. The highest BCUT2D eigenvalue weighted by Gasteiger charge is 2.21. The number of hydrogen-bond acceptors (Lipinski definition) is 3. The number of imidazole rings is 1. The van der Waals surface area contributed by atoms with Crippen molar-refractivity contribution in [2.24, 2.45) is 0 Å². The predicted molar refractivity (Wildman–Crippen MR) is 75.3 cm³/mol. The van der Waals surface area contributed by atoms with Crippen LogP contribution in [0.5, 0.6) is 5.75 Å². The second-order valence-electron chi connectivity index (χ2n) is 5.37. The second kappa shape index (κ2) is 4.70. The van der Waals surface area contributed by atoms with Crippen LogP contribution in [-0.2, 0) is 5.60 Å². The lowest BCUT2D eigenvalue weighted by molar-refractivity contribution is 0.0697. The Hall–Kier alpha value is -1.81. The van der Waals surface area contributed by atoms with Crippen molar-refractivity contribution in [1.82, 2.24) is 9.97 Å². The van der Waals surface area contributed by atoms with Crippen molar-refractivity contribution in [2.75, 3.05) is 7.11 Å². The predicted octanol–water partition coefficient (Wildman–Crippen LogP) is 2.93. The Balaban J connectivity index is 2.56. The molecule has 4 nitrogen and oxygen atoms in total. The maximum absolute atomic E-state index is 9.96. The molecule has 1 aromatic heterocycles. The number of nitrogens with zero attached hydrogens (tertiary/aromatic N) is 1. The summed E-state index contributed by atoms with van der Waals surface area (Å²) in [5.74, 6) is 1.38. The summed E-state index contributed by atoms with van der Waals surface area (Å²) in [6.07, 6.45) is 1.73. The molecule has 2 rings (SSSR count). The lowest BCUT2D eigenvalue weighted by atomic mass is 10.0. The third-order valence-electron chi connectivity index (χ3n) is 3.07. The zero-order valence-corrected chi connectivity index (χ0v) is 12.0. The van der Waals surface area contributed by atoms with Crippen LogP contribution in [0.3, 0.4) is 0 Å². The van der Waals surface area contributed by atoms with Gasteiger partial charge in [-0.2, -0.15) is 0 Å². The Morgan fingerprint density at radius 1 is 1.26 bits per heavy atom. The van der Waals surface area contributed by atoms with E-state index in [1.54, 1.807) is 27.2 Å². The maximum Gasteiger partial charge on any atom is 0.138 e. The molecule has 4 heteroatoms. The van der Waals surface area contributed by atoms with Crippen LogP contribution in [0.2, 0.25) is 0 Å². The molecular weight excluding hydrogens is 240 g/mol. The Morgan fingerprint density at radius 2 is 1.95 bits per heavy atom. The first-order valence-corrected chi connectivity index (χ1v) is 6.26. The number of H-pyrrole nitrogens is 1. The Labute approximate surface area is 113 Å². The Morgan fingerprint density at radius 3 is 2.47 bits per heavy atom. The molecule has 19 heavy (non-hydrogen) atoms. The minimum Gasteiger partial charge on any atom is -0.496 e. The first-order valence-electron chi connectivity index (χ1n) is 6.26. The van der Waals surface area contributed by atoms with Gasteiger partial charge < -0.3 is 14.8 Å². The van der Waals surface area contributed by atoms with Gasteiger partial charge in [0.2, 0.25) is 0 Å². The number of rotatable bonds is 3. The van der Waals surface area contributed by atoms with Crippen molar-refractivity contribution < 1.29 is 9.84 Å². The fourth-order valence-corrected chi connectivity index (χ4v) is 2.19. The number of aliphatic hydroxyl groups is 1. The van der Waals surface area contributed by atoms with Crippen LogP contribution in [0.15, 0.2) is 18.3 Å². The highest BCUT2D eigenvalue weighted by atomic mass is 16.5. The largest absolute Gasteiger partial charge is 0.496 e. The molecule has 0 spiro atoms. The summed E-state index contributed by atoms with van der Waals surface area (Å²) in [5.41, 5.74) is 3.07. The number of benzene rings is 1. The van der Waals surface area contributed by atoms with Crippen molar-refractivity contribution in [2.45, 2.75) is 33.3 Å². The van der Waals surface area contributed by atoms with Crippen molar-refractivity contribution in [3.63, 3.8) is 0 Å². The van der Waals surface area contributed by atoms with Gasteiger partial charge in [0.1, 0.15) is 17.2 Å². The third kappa shape index (κ3) is 2.63. The Kier molecular flexibility index (Phi) is 3.37. The number of aromatic amines is 1. The van der Waals surface area contributed by atoms with E-state index in [4.69, 9.17) is 4.74 Å². The van der Waals surface area contributed by atoms with Crippen LogP contribution in [0.1, 0.15) is 30.8 Å². The molecule has 0 amide bonds. The van der Waals surface area contributed by atoms with E-state index in [0.29, 0.717) is 5.82 Å². The highest BCUT2D eigenvalue weighted by molar-refractivity contribution is 5.70. The van der Waals surface area contributed by atoms with Crippen molar-refractivity contribution in [1.29, 1.82) is 0 Å². The number of aryl methyl sites for hydroxylation is 2. The average Bonchev–Trinajstić information content (AvgIpc) is 2.76. The maximum atomic E-state index is 9.96. The molecule has 2 N–H and O–H groups in total. The molecular formula is C15H20N2O2. The lowest BCUT2D eigenvalue weighted by Gasteiger charge is -2.14. The van der Waals surface area contributed by atoms with Gasteiger partial charge in [-0.1, -0.05) is 6.07 Å². The van der Waals surface area contributed by atoms with Crippen molar-refractivity contribution in [3.05, 3.63) is 35.3 Å². The minimum absolute atomic E-state index is 0.545. The molecule has 1 heterocycles. The summed E-state index contributed by atoms with van der Waals surface area (Å²) in [4.78, 5) is 7.39. The van der Waals surface area contributed by atoms with E-state index in [-0.39, 0.29) is 0 Å². The van der Waals surface area contributed by atoms with E-state index in [2.05, 4.69) is 16.0 Å². The first-order chi connectivity index (χ1) is 8.82. The number of aromatic nitrogens is 2. The quantitative estimate of drug-likeness (QED) is 0.892. The molecule has 0 aliphatic carbocycles. The normalized spacial score (nSPS) is 11.7. The smallest absolute Gasteiger partial charge is 0.138 e. The summed E-state index contributed by atoms with van der Waals surface area (Å²) in [6, 6.07) is 4.13. The lowest BCUT2D eigenvalue weighted by Crippen LogP contribution is -2.17. The van der Waals surface area contributed by atoms with E-state index in [9.17, 15) is 5.11 Å². The average molecular weight is 260 g/mol. The van der Waals surface area contributed by atoms with Gasteiger partial charge >= 0.3 is 0 Å². The molecule has 0 radical (unpaired) electrons. The second-order valence-corrected chi connectivity index (χ2v) is 5.37. The number of methoxy groups -OCH3 is 1. The van der Waals surface area contributed by atoms with E-state index in [0.717, 1.165) is 28.1 Å². The molecule has 2 aromatic rings. The molecule has 0 aliphatic heterocycles. The van der Waals surface area contributed by atoms with Gasteiger partial charge in [0.15, 0.2) is 0 Å². The van der Waals surface area contributed by atoms with Crippen LogP contribution in [0, 0.1) is 13.8 Å². The van der Waals surface area contributed by atoms with E-state index < -0.39 is 5.60 Å². The minimum atomic E-state index is -0.982. The number of nitrogens with one attached hydrogen (secondary N) is 1. The standard InChI is InChI=1S/C15H20N2O2/c1-9-6-10(2)13(19-5)11(7-9)12-8-16-14(17-12)15(3,4)18/h6-8,18H,1-5H3,(H,16,17). The summed E-state index contributed by atoms with van der Waals surface area (Å²) >= 11 is 0. The van der Waals surface area contributed by atoms with Gasteiger partial charge in [0.25, 0.3) is 0 Å². The molecule has 0 saturated heterocycles. The van der Waals surface area contributed by atoms with Gasteiger partial charge in [-0.15, -0.1) is 0 Å². The molecule has 0 atom stereocenters. The van der Waals surface area contributed by atoms with Crippen LogP contribution in [0.25, 0.3) is 11.3 Å². The van der Waals surface area contributed by atoms with E-state index in [1.165, 1.54) is 0 Å². The molecule has 1 aromatic carbocycles. The van der Waals surface area contributed by atoms with Crippen LogP contribution >= 0.6 is 0 Å². The topological polar surface area (TPSA) is 58.1 Å². The number of ether oxygens (including phenoxy) is 1.